The zero-order valence-corrected chi connectivity index (χ0v) is 52.9. The molecular weight excluding hydrogens is 1230 g/mol. The number of anilines is 4. The molecule has 9 aromatic rings. The molecule has 0 fully saturated rings. The van der Waals surface area contributed by atoms with Crippen molar-refractivity contribution < 1.29 is 43.2 Å². The second-order valence-electron chi connectivity index (χ2n) is 20.2. The van der Waals surface area contributed by atoms with E-state index < -0.39 is 21.0 Å². The number of para-hydroxylation sites is 1. The van der Waals surface area contributed by atoms with Crippen molar-refractivity contribution in [1.82, 2.24) is 0 Å². The Morgan fingerprint density at radius 2 is 0.571 bits per heavy atom. The maximum absolute atomic E-state index is 12.9. The third kappa shape index (κ3) is 27.8. The van der Waals surface area contributed by atoms with Crippen molar-refractivity contribution in [2.45, 2.75) is 46.0 Å². The summed E-state index contributed by atoms with van der Waals surface area (Å²) >= 11 is 20.3. The molecule has 91 heavy (non-hydrogen) atoms. The molecule has 464 valence electrons. The zero-order valence-electron chi connectivity index (χ0n) is 49.9. The van der Waals surface area contributed by atoms with Gasteiger partial charge in [0.2, 0.25) is 5.24 Å². The van der Waals surface area contributed by atoms with E-state index in [2.05, 4.69) is 13.2 Å². The van der Waals surface area contributed by atoms with Crippen LogP contribution in [0, 0.1) is 13.8 Å². The van der Waals surface area contributed by atoms with Gasteiger partial charge in [0, 0.05) is 93.8 Å². The Morgan fingerprint density at radius 1 is 0.308 bits per heavy atom. The first kappa shape index (κ1) is 73.3. The number of carbonyl (C=O) groups is 9. The van der Waals surface area contributed by atoms with E-state index >= 15 is 0 Å². The number of ketones is 5. The molecule has 0 heterocycles. The summed E-state index contributed by atoms with van der Waals surface area (Å²) in [6.07, 6.45) is 3.73. The lowest BCUT2D eigenvalue weighted by molar-refractivity contribution is -0.114. The molecule has 0 aromatic heterocycles. The Bertz CT molecular complexity index is 3950. The standard InChI is InChI=1S/C27H24O3.C23H21NO2.C9H3Cl3O3.C6H8N2.C6H7N.C3H3ClO/c1-3-25(28)15-21-10-7-11-22(14-21)17-27(30)24-13-19(2)12-23(18-24)26(29)16-20-8-5-4-6-9-20;1-16-10-19(22(25)13-17-6-3-2-4-7-17)15-20(11-16)23(26)14-18-8-5-9-21(24)12-18;10-7(13)4-1-5(8(11)14)3-6(2-4)9(12)15;7-5-2-1-3-6(8)4-5;7-6-4-2-1-3-5-6;1-2-3(4)5/h3-14,18H,1,15-17H2,2H3;2-12,15H,13-14,24H2,1H3;1-3H;1-4H,7-8H2;1-5H,7H2;2H,1H2. The molecule has 0 saturated heterocycles. The number of hydrogen-bond donors (Lipinski definition) is 4. The molecule has 13 nitrogen and oxygen atoms in total. The van der Waals surface area contributed by atoms with Crippen LogP contribution in [0.5, 0.6) is 0 Å². The normalized spacial score (nSPS) is 9.87. The number of nitrogens with two attached hydrogens (primary N) is 4. The maximum atomic E-state index is 12.9. The highest BCUT2D eigenvalue weighted by Gasteiger charge is 2.17. The third-order valence-electron chi connectivity index (χ3n) is 12.6. The van der Waals surface area contributed by atoms with E-state index in [1.807, 2.05) is 172 Å². The molecule has 0 aliphatic heterocycles. The number of aryl methyl sites for hydroxylation is 2. The van der Waals surface area contributed by atoms with E-state index in [1.54, 1.807) is 42.5 Å². The van der Waals surface area contributed by atoms with Crippen LogP contribution >= 0.6 is 46.4 Å². The van der Waals surface area contributed by atoms with Crippen LogP contribution in [0.3, 0.4) is 0 Å². The third-order valence-corrected chi connectivity index (χ3v) is 13.4. The molecule has 8 N–H and O–H groups in total. The lowest BCUT2D eigenvalue weighted by Crippen LogP contribution is -2.09. The number of hydrogen-bond acceptors (Lipinski definition) is 13. The van der Waals surface area contributed by atoms with Crippen LogP contribution < -0.4 is 22.9 Å². The largest absolute Gasteiger partial charge is 0.399 e. The first-order chi connectivity index (χ1) is 43.3. The average Bonchev–Trinajstić information content (AvgIpc) is 2.72. The quantitative estimate of drug-likeness (QED) is 0.0254. The van der Waals surface area contributed by atoms with Crippen molar-refractivity contribution in [1.29, 1.82) is 0 Å². The number of rotatable bonds is 19. The minimum absolute atomic E-state index is 0.00725. The number of nitrogen functional groups attached to an aromatic ring is 4. The first-order valence-electron chi connectivity index (χ1n) is 27.8. The summed E-state index contributed by atoms with van der Waals surface area (Å²) in [5, 5.41) is -2.90. The number of allylic oxidation sites excluding steroid dienone is 2. The van der Waals surface area contributed by atoms with Crippen LogP contribution in [0.2, 0.25) is 0 Å². The fourth-order valence-electron chi connectivity index (χ4n) is 8.36. The molecule has 0 amide bonds. The van der Waals surface area contributed by atoms with Crippen LogP contribution in [-0.4, -0.2) is 49.9 Å². The van der Waals surface area contributed by atoms with Gasteiger partial charge in [0.25, 0.3) is 15.7 Å². The molecule has 0 unspecified atom stereocenters. The van der Waals surface area contributed by atoms with Gasteiger partial charge in [-0.15, -0.1) is 0 Å². The summed E-state index contributed by atoms with van der Waals surface area (Å²) in [5.41, 5.74) is 33.2. The van der Waals surface area contributed by atoms with Gasteiger partial charge in [-0.3, -0.25) is 43.2 Å². The number of carbonyl (C=O) groups excluding carboxylic acids is 9. The van der Waals surface area contributed by atoms with Crippen molar-refractivity contribution in [2.75, 3.05) is 22.9 Å². The Hall–Kier alpha value is -10.2. The van der Waals surface area contributed by atoms with Gasteiger partial charge in [-0.25, -0.2) is 0 Å². The number of halogens is 4. The van der Waals surface area contributed by atoms with Gasteiger partial charge in [0.05, 0.1) is 0 Å². The van der Waals surface area contributed by atoms with Crippen LogP contribution in [0.4, 0.5) is 22.7 Å². The van der Waals surface area contributed by atoms with E-state index in [4.69, 9.17) is 69.3 Å². The summed E-state index contributed by atoms with van der Waals surface area (Å²) in [6.45, 7) is 10.4. The molecule has 0 aliphatic rings. The van der Waals surface area contributed by atoms with Gasteiger partial charge < -0.3 is 22.9 Å². The molecule has 0 spiro atoms. The molecule has 0 aliphatic carbocycles. The predicted octanol–water partition coefficient (Wildman–Crippen LogP) is 15.5. The van der Waals surface area contributed by atoms with E-state index in [-0.39, 0.29) is 64.9 Å². The second-order valence-corrected chi connectivity index (χ2v) is 21.6. The van der Waals surface area contributed by atoms with Crippen molar-refractivity contribution in [3.63, 3.8) is 0 Å². The highest BCUT2D eigenvalue weighted by atomic mass is 35.5. The Labute approximate surface area is 549 Å². The summed E-state index contributed by atoms with van der Waals surface area (Å²) in [7, 11) is 0. The van der Waals surface area contributed by atoms with Crippen molar-refractivity contribution in [2.24, 2.45) is 0 Å². The van der Waals surface area contributed by atoms with E-state index in [1.165, 1.54) is 24.3 Å². The summed E-state index contributed by atoms with van der Waals surface area (Å²) in [5.74, 6) is -0.131. The Balaban J connectivity index is 0.000000259. The van der Waals surface area contributed by atoms with Gasteiger partial charge >= 0.3 is 0 Å². The topological polar surface area (TPSA) is 258 Å². The summed E-state index contributed by atoms with van der Waals surface area (Å²) < 4.78 is 0. The number of benzene rings is 9. The first-order valence-corrected chi connectivity index (χ1v) is 29.3. The molecule has 9 aromatic carbocycles. The van der Waals surface area contributed by atoms with Crippen molar-refractivity contribution in [3.05, 3.63) is 322 Å². The van der Waals surface area contributed by atoms with Crippen LogP contribution in [0.1, 0.15) is 111 Å². The predicted molar refractivity (Wildman–Crippen MR) is 368 cm³/mol. The second kappa shape index (κ2) is 38.3. The molecule has 0 bridgehead atoms. The van der Waals surface area contributed by atoms with E-state index in [0.717, 1.165) is 50.7 Å². The van der Waals surface area contributed by atoms with E-state index in [9.17, 15) is 43.2 Å². The van der Waals surface area contributed by atoms with Gasteiger partial charge in [-0.05, 0) is 208 Å². The highest BCUT2D eigenvalue weighted by molar-refractivity contribution is 6.70. The average molecular weight is 1300 g/mol. The summed E-state index contributed by atoms with van der Waals surface area (Å²) in [6, 6.07) is 64.8. The SMILES string of the molecule is C=CC(=O)Cc1cccc(CC(=O)c2cc(C)cc(C(=O)Cc3ccccc3)c2)c1.C=CC(=O)Cl.Cc1cc(C(=O)Cc2ccccc2)cc(C(=O)Cc2cccc(N)c2)c1.Nc1cccc(N)c1.Nc1ccccc1.O=C(Cl)c1cc(C(=O)Cl)cc(C(=O)Cl)c1. The van der Waals surface area contributed by atoms with E-state index in [0.29, 0.717) is 52.2 Å². The lowest BCUT2D eigenvalue weighted by atomic mass is 9.95. The number of Topliss-reactive ketones (excluding diaryl/α,β-unsaturated/α-hetero) is 4. The zero-order chi connectivity index (χ0) is 67.0. The summed E-state index contributed by atoms with van der Waals surface area (Å²) in [4.78, 5) is 104. The smallest absolute Gasteiger partial charge is 0.252 e. The Kier molecular flexibility index (Phi) is 30.9. The Morgan fingerprint density at radius 3 is 0.857 bits per heavy atom. The molecule has 0 atom stereocenters. The molecule has 0 radical (unpaired) electrons. The van der Waals surface area contributed by atoms with Gasteiger partial charge in [0.1, 0.15) is 0 Å². The van der Waals surface area contributed by atoms with Crippen LogP contribution in [0.15, 0.2) is 244 Å². The van der Waals surface area contributed by atoms with Crippen LogP contribution in [-0.2, 0) is 41.7 Å². The fourth-order valence-corrected chi connectivity index (χ4v) is 8.69. The minimum atomic E-state index is -0.797. The van der Waals surface area contributed by atoms with Gasteiger partial charge in [0.15, 0.2) is 28.9 Å². The molecule has 17 heteroatoms. The molecule has 0 saturated carbocycles. The van der Waals surface area contributed by atoms with Crippen molar-refractivity contribution >= 4 is 119 Å². The monoisotopic (exact) mass is 1290 g/mol. The molecular formula is C74H66Cl4N4O9. The molecule has 9 rings (SSSR count). The minimum Gasteiger partial charge on any atom is -0.399 e. The highest BCUT2D eigenvalue weighted by Crippen LogP contribution is 2.20. The van der Waals surface area contributed by atoms with Crippen LogP contribution in [0.25, 0.3) is 0 Å². The fraction of sp³-hybridized carbons (Fsp3) is 0.0946. The van der Waals surface area contributed by atoms with Gasteiger partial charge in [-0.1, -0.05) is 134 Å². The van der Waals surface area contributed by atoms with Gasteiger partial charge in [-0.2, -0.15) is 0 Å². The maximum Gasteiger partial charge on any atom is 0.252 e. The van der Waals surface area contributed by atoms with Crippen molar-refractivity contribution in [3.8, 4) is 0 Å². The lowest BCUT2D eigenvalue weighted by Gasteiger charge is -2.08.